The van der Waals surface area contributed by atoms with Crippen LogP contribution in [0.25, 0.3) is 0 Å². The van der Waals surface area contributed by atoms with Crippen molar-refractivity contribution in [2.75, 3.05) is 5.73 Å². The van der Waals surface area contributed by atoms with Gasteiger partial charge in [-0.25, -0.2) is 0 Å². The van der Waals surface area contributed by atoms with E-state index in [0.29, 0.717) is 10.8 Å². The Labute approximate surface area is 95.6 Å². The summed E-state index contributed by atoms with van der Waals surface area (Å²) >= 11 is 5.84. The number of nitrogen functional groups attached to an aromatic ring is 1. The van der Waals surface area contributed by atoms with E-state index in [4.69, 9.17) is 17.3 Å². The summed E-state index contributed by atoms with van der Waals surface area (Å²) in [6.45, 7) is 0.946. The molecule has 0 unspecified atom stereocenters. The molecular weight excluding hydrogens is 210 g/mol. The number of nitrogens with two attached hydrogens (primary N) is 1. The number of aromatic nitrogens is 2. The zero-order valence-corrected chi connectivity index (χ0v) is 9.71. The zero-order valence-electron chi connectivity index (χ0n) is 8.95. The molecule has 2 N–H and O–H groups in total. The van der Waals surface area contributed by atoms with Crippen LogP contribution in [0.3, 0.4) is 0 Å². The van der Waals surface area contributed by atoms with Crippen LogP contribution in [0.5, 0.6) is 0 Å². The van der Waals surface area contributed by atoms with E-state index in [1.54, 1.807) is 0 Å². The van der Waals surface area contributed by atoms with Gasteiger partial charge in [0.25, 0.3) is 0 Å². The van der Waals surface area contributed by atoms with Gasteiger partial charge in [0.15, 0.2) is 5.82 Å². The molecule has 2 rings (SSSR count). The largest absolute Gasteiger partial charge is 0.381 e. The molecule has 0 aliphatic heterocycles. The summed E-state index contributed by atoms with van der Waals surface area (Å²) in [4.78, 5) is 0. The van der Waals surface area contributed by atoms with Crippen LogP contribution in [0.4, 0.5) is 5.82 Å². The summed E-state index contributed by atoms with van der Waals surface area (Å²) < 4.78 is 1.87. The molecule has 0 radical (unpaired) electrons. The highest BCUT2D eigenvalue weighted by Crippen LogP contribution is 2.27. The minimum atomic E-state index is 0.445. The van der Waals surface area contributed by atoms with Crippen LogP contribution in [0.15, 0.2) is 6.20 Å². The minimum absolute atomic E-state index is 0.445. The highest BCUT2D eigenvalue weighted by molar-refractivity contribution is 6.32. The summed E-state index contributed by atoms with van der Waals surface area (Å²) in [7, 11) is 0. The lowest BCUT2D eigenvalue weighted by Gasteiger charge is -2.21. The number of rotatable bonds is 3. The van der Waals surface area contributed by atoms with Gasteiger partial charge >= 0.3 is 0 Å². The van der Waals surface area contributed by atoms with Crippen LogP contribution in [-0.2, 0) is 6.54 Å². The first kappa shape index (κ1) is 10.8. The van der Waals surface area contributed by atoms with E-state index < -0.39 is 0 Å². The Hall–Kier alpha value is -0.700. The molecule has 0 saturated heterocycles. The molecule has 1 aliphatic rings. The molecule has 0 atom stereocenters. The molecule has 3 nitrogen and oxygen atoms in total. The Bertz CT molecular complexity index is 296. The summed E-state index contributed by atoms with van der Waals surface area (Å²) in [5, 5.41) is 4.73. The average molecular weight is 228 g/mol. The Morgan fingerprint density at radius 3 is 2.73 bits per heavy atom. The second-order valence-electron chi connectivity index (χ2n) is 4.42. The van der Waals surface area contributed by atoms with E-state index >= 15 is 0 Å². The van der Waals surface area contributed by atoms with Gasteiger partial charge in [0, 0.05) is 12.7 Å². The number of halogens is 1. The number of hydrogen-bond acceptors (Lipinski definition) is 2. The van der Waals surface area contributed by atoms with Crippen LogP contribution in [0.1, 0.15) is 38.5 Å². The Morgan fingerprint density at radius 2 is 2.13 bits per heavy atom. The molecule has 1 aromatic heterocycles. The molecule has 84 valence electrons. The molecule has 1 saturated carbocycles. The zero-order chi connectivity index (χ0) is 10.7. The molecule has 4 heteroatoms. The molecule has 1 aliphatic carbocycles. The van der Waals surface area contributed by atoms with Gasteiger partial charge in [-0.3, -0.25) is 4.68 Å². The average Bonchev–Trinajstić information content (AvgIpc) is 2.57. The minimum Gasteiger partial charge on any atom is -0.381 e. The third kappa shape index (κ3) is 2.88. The SMILES string of the molecule is Nc1nn(CCC2CCCCC2)cc1Cl. The first-order valence-corrected chi connectivity index (χ1v) is 6.12. The second kappa shape index (κ2) is 4.88. The van der Waals surface area contributed by atoms with E-state index in [2.05, 4.69) is 5.10 Å². The molecule has 1 heterocycles. The van der Waals surface area contributed by atoms with Crippen LogP contribution >= 0.6 is 11.6 Å². The van der Waals surface area contributed by atoms with Gasteiger partial charge in [0.1, 0.15) is 5.02 Å². The fourth-order valence-corrected chi connectivity index (χ4v) is 2.47. The monoisotopic (exact) mass is 227 g/mol. The number of hydrogen-bond donors (Lipinski definition) is 1. The van der Waals surface area contributed by atoms with Crippen molar-refractivity contribution in [2.24, 2.45) is 5.92 Å². The number of anilines is 1. The predicted octanol–water partition coefficient (Wildman–Crippen LogP) is 3.09. The topological polar surface area (TPSA) is 43.8 Å². The van der Waals surface area contributed by atoms with Crippen molar-refractivity contribution in [1.82, 2.24) is 9.78 Å². The van der Waals surface area contributed by atoms with E-state index in [1.807, 2.05) is 10.9 Å². The van der Waals surface area contributed by atoms with Crippen LogP contribution < -0.4 is 5.73 Å². The summed E-state index contributed by atoms with van der Waals surface area (Å²) in [5.41, 5.74) is 5.59. The normalized spacial score (nSPS) is 18.2. The van der Waals surface area contributed by atoms with Crippen molar-refractivity contribution < 1.29 is 0 Å². The second-order valence-corrected chi connectivity index (χ2v) is 4.83. The van der Waals surface area contributed by atoms with Crippen molar-refractivity contribution in [3.8, 4) is 0 Å². The Morgan fingerprint density at radius 1 is 1.40 bits per heavy atom. The van der Waals surface area contributed by atoms with E-state index in [-0.39, 0.29) is 0 Å². The molecule has 1 fully saturated rings. The first-order chi connectivity index (χ1) is 7.25. The maximum atomic E-state index is 5.84. The molecule has 0 bridgehead atoms. The molecule has 0 aromatic carbocycles. The lowest BCUT2D eigenvalue weighted by atomic mass is 9.87. The van der Waals surface area contributed by atoms with Gasteiger partial charge < -0.3 is 5.73 Å². The highest BCUT2D eigenvalue weighted by Gasteiger charge is 2.13. The quantitative estimate of drug-likeness (QED) is 0.863. The lowest BCUT2D eigenvalue weighted by molar-refractivity contribution is 0.319. The Balaban J connectivity index is 1.81. The van der Waals surface area contributed by atoms with Gasteiger partial charge in [-0.1, -0.05) is 43.7 Å². The van der Waals surface area contributed by atoms with E-state index in [9.17, 15) is 0 Å². The summed E-state index contributed by atoms with van der Waals surface area (Å²) in [5.74, 6) is 1.32. The molecule has 0 amide bonds. The third-order valence-corrected chi connectivity index (χ3v) is 3.53. The molecule has 15 heavy (non-hydrogen) atoms. The molecular formula is C11H18ClN3. The first-order valence-electron chi connectivity index (χ1n) is 5.74. The van der Waals surface area contributed by atoms with Crippen molar-refractivity contribution in [1.29, 1.82) is 0 Å². The van der Waals surface area contributed by atoms with E-state index in [0.717, 1.165) is 12.5 Å². The number of nitrogens with zero attached hydrogens (tertiary/aromatic N) is 2. The standard InChI is InChI=1S/C11H18ClN3/c12-10-8-15(14-11(10)13)7-6-9-4-2-1-3-5-9/h8-9H,1-7H2,(H2,13,14). The maximum Gasteiger partial charge on any atom is 0.164 e. The Kier molecular flexibility index (Phi) is 3.52. The van der Waals surface area contributed by atoms with Crippen LogP contribution in [-0.4, -0.2) is 9.78 Å². The van der Waals surface area contributed by atoms with Gasteiger partial charge in [-0.05, 0) is 12.3 Å². The van der Waals surface area contributed by atoms with Gasteiger partial charge in [-0.15, -0.1) is 0 Å². The molecule has 1 aromatic rings. The van der Waals surface area contributed by atoms with E-state index in [1.165, 1.54) is 38.5 Å². The lowest BCUT2D eigenvalue weighted by Crippen LogP contribution is -2.10. The fraction of sp³-hybridized carbons (Fsp3) is 0.727. The van der Waals surface area contributed by atoms with Gasteiger partial charge in [-0.2, -0.15) is 5.10 Å². The summed E-state index contributed by atoms with van der Waals surface area (Å²) in [6.07, 6.45) is 9.99. The smallest absolute Gasteiger partial charge is 0.164 e. The number of aryl methyl sites for hydroxylation is 1. The van der Waals surface area contributed by atoms with Crippen LogP contribution in [0.2, 0.25) is 5.02 Å². The van der Waals surface area contributed by atoms with Crippen molar-refractivity contribution in [3.05, 3.63) is 11.2 Å². The van der Waals surface area contributed by atoms with Crippen molar-refractivity contribution >= 4 is 17.4 Å². The highest BCUT2D eigenvalue weighted by atomic mass is 35.5. The third-order valence-electron chi connectivity index (χ3n) is 3.23. The fourth-order valence-electron chi connectivity index (χ4n) is 2.32. The maximum absolute atomic E-state index is 5.84. The molecule has 0 spiro atoms. The predicted molar refractivity (Wildman–Crippen MR) is 62.8 cm³/mol. The summed E-state index contributed by atoms with van der Waals surface area (Å²) in [6, 6.07) is 0. The van der Waals surface area contributed by atoms with Crippen LogP contribution in [0, 0.1) is 5.92 Å². The van der Waals surface area contributed by atoms with Crippen molar-refractivity contribution in [2.45, 2.75) is 45.1 Å². The van der Waals surface area contributed by atoms with Gasteiger partial charge in [0.05, 0.1) is 0 Å². The van der Waals surface area contributed by atoms with Gasteiger partial charge in [0.2, 0.25) is 0 Å². The van der Waals surface area contributed by atoms with Crippen molar-refractivity contribution in [3.63, 3.8) is 0 Å².